The topological polar surface area (TPSA) is 85.2 Å². The number of hydrogen-bond acceptors (Lipinski definition) is 5. The van der Waals surface area contributed by atoms with E-state index in [4.69, 9.17) is 10.3 Å². The molecule has 0 radical (unpaired) electrons. The lowest BCUT2D eigenvalue weighted by molar-refractivity contribution is 0.0533. The van der Waals surface area contributed by atoms with E-state index >= 15 is 0 Å². The van der Waals surface area contributed by atoms with Crippen molar-refractivity contribution < 1.29 is 9.32 Å². The lowest BCUT2D eigenvalue weighted by atomic mass is 9.79. The highest BCUT2D eigenvalue weighted by atomic mass is 16.5. The average Bonchev–Trinajstić information content (AvgIpc) is 2.82. The first-order valence-corrected chi connectivity index (χ1v) is 7.15. The van der Waals surface area contributed by atoms with Crippen molar-refractivity contribution in [1.82, 2.24) is 15.0 Å². The molecule has 0 aromatic carbocycles. The molecule has 21 heavy (non-hydrogen) atoms. The van der Waals surface area contributed by atoms with Gasteiger partial charge in [0.2, 0.25) is 0 Å². The Morgan fingerprint density at radius 3 is 3.00 bits per heavy atom. The monoisotopic (exact) mass is 288 g/mol. The Morgan fingerprint density at radius 2 is 2.29 bits per heavy atom. The van der Waals surface area contributed by atoms with E-state index in [0.29, 0.717) is 24.4 Å². The van der Waals surface area contributed by atoms with Crippen LogP contribution in [0.4, 0.5) is 0 Å². The predicted octanol–water partition coefficient (Wildman–Crippen LogP) is 1.73. The van der Waals surface area contributed by atoms with Gasteiger partial charge in [0.25, 0.3) is 11.6 Å². The third kappa shape index (κ3) is 2.40. The van der Waals surface area contributed by atoms with Gasteiger partial charge in [0, 0.05) is 25.3 Å². The van der Waals surface area contributed by atoms with Gasteiger partial charge < -0.3 is 15.2 Å². The predicted molar refractivity (Wildman–Crippen MR) is 78.8 cm³/mol. The summed E-state index contributed by atoms with van der Waals surface area (Å²) in [6, 6.07) is 1.93. The van der Waals surface area contributed by atoms with Crippen LogP contribution in [0, 0.1) is 12.3 Å². The highest BCUT2D eigenvalue weighted by Gasteiger charge is 2.35. The van der Waals surface area contributed by atoms with Gasteiger partial charge in [-0.25, -0.2) is 4.98 Å². The first kappa shape index (κ1) is 14.0. The fraction of sp³-hybridized carbons (Fsp3) is 0.533. The standard InChI is InChI=1S/C15H20N4O2/c1-9-11-6-10(7-17-13(11)21-18-9)14(20)19-5-4-12(16)15(2,3)8-19/h6-7,12H,4-5,8,16H2,1-3H3. The number of carbonyl (C=O) groups excluding carboxylic acids is 1. The molecule has 2 aromatic rings. The van der Waals surface area contributed by atoms with Gasteiger partial charge in [-0.05, 0) is 24.8 Å². The molecule has 0 bridgehead atoms. The van der Waals surface area contributed by atoms with Crippen molar-refractivity contribution >= 4 is 17.0 Å². The van der Waals surface area contributed by atoms with Gasteiger partial charge in [-0.2, -0.15) is 0 Å². The highest BCUT2D eigenvalue weighted by molar-refractivity contribution is 5.97. The van der Waals surface area contributed by atoms with Gasteiger partial charge in [0.1, 0.15) is 0 Å². The SMILES string of the molecule is Cc1noc2ncc(C(=O)N3CCC(N)C(C)(C)C3)cc12. The second kappa shape index (κ2) is 4.80. The zero-order chi connectivity index (χ0) is 15.2. The number of pyridine rings is 1. The smallest absolute Gasteiger partial charge is 0.257 e. The minimum Gasteiger partial charge on any atom is -0.338 e. The maximum atomic E-state index is 12.7. The normalized spacial score (nSPS) is 21.7. The molecule has 3 heterocycles. The van der Waals surface area contributed by atoms with E-state index in [9.17, 15) is 4.79 Å². The third-order valence-corrected chi connectivity index (χ3v) is 4.36. The molecule has 1 saturated heterocycles. The van der Waals surface area contributed by atoms with Gasteiger partial charge in [-0.3, -0.25) is 4.79 Å². The Balaban J connectivity index is 1.88. The van der Waals surface area contributed by atoms with E-state index in [1.54, 1.807) is 12.3 Å². The summed E-state index contributed by atoms with van der Waals surface area (Å²) in [4.78, 5) is 18.7. The minimum absolute atomic E-state index is 0.00928. The van der Waals surface area contributed by atoms with Crippen LogP contribution in [-0.2, 0) is 0 Å². The average molecular weight is 288 g/mol. The van der Waals surface area contributed by atoms with Gasteiger partial charge in [0.15, 0.2) is 0 Å². The van der Waals surface area contributed by atoms with Crippen LogP contribution in [-0.4, -0.2) is 40.1 Å². The summed E-state index contributed by atoms with van der Waals surface area (Å²) in [6.45, 7) is 7.38. The number of nitrogens with two attached hydrogens (primary N) is 1. The van der Waals surface area contributed by atoms with Crippen molar-refractivity contribution in [3.8, 4) is 0 Å². The number of nitrogens with zero attached hydrogens (tertiary/aromatic N) is 3. The number of amides is 1. The molecule has 0 spiro atoms. The van der Waals surface area contributed by atoms with E-state index in [1.807, 2.05) is 11.8 Å². The van der Waals surface area contributed by atoms with Crippen LogP contribution < -0.4 is 5.73 Å². The van der Waals surface area contributed by atoms with E-state index in [-0.39, 0.29) is 17.4 Å². The lowest BCUT2D eigenvalue weighted by Crippen LogP contribution is -2.54. The van der Waals surface area contributed by atoms with Crippen LogP contribution in [0.25, 0.3) is 11.1 Å². The largest absolute Gasteiger partial charge is 0.338 e. The maximum Gasteiger partial charge on any atom is 0.257 e. The van der Waals surface area contributed by atoms with E-state index < -0.39 is 0 Å². The molecule has 1 fully saturated rings. The summed E-state index contributed by atoms with van der Waals surface area (Å²) < 4.78 is 5.07. The maximum absolute atomic E-state index is 12.7. The van der Waals surface area contributed by atoms with Crippen LogP contribution in [0.3, 0.4) is 0 Å². The molecule has 112 valence electrons. The molecule has 6 nitrogen and oxygen atoms in total. The number of fused-ring (bicyclic) bond motifs is 1. The zero-order valence-corrected chi connectivity index (χ0v) is 12.6. The Kier molecular flexibility index (Phi) is 3.20. The van der Waals surface area contributed by atoms with Crippen molar-refractivity contribution in [3.63, 3.8) is 0 Å². The highest BCUT2D eigenvalue weighted by Crippen LogP contribution is 2.29. The zero-order valence-electron chi connectivity index (χ0n) is 12.6. The quantitative estimate of drug-likeness (QED) is 0.863. The number of carbonyl (C=O) groups is 1. The summed E-state index contributed by atoms with van der Waals surface area (Å²) in [5.41, 5.74) is 7.83. The number of aryl methyl sites for hydroxylation is 1. The third-order valence-electron chi connectivity index (χ3n) is 4.36. The van der Waals surface area contributed by atoms with Crippen molar-refractivity contribution in [2.45, 2.75) is 33.2 Å². The van der Waals surface area contributed by atoms with E-state index in [1.165, 1.54) is 0 Å². The fourth-order valence-electron chi connectivity index (χ4n) is 2.79. The lowest BCUT2D eigenvalue weighted by Gasteiger charge is -2.42. The van der Waals surface area contributed by atoms with Crippen LogP contribution in [0.15, 0.2) is 16.8 Å². The molecule has 1 aliphatic rings. The molecule has 0 saturated carbocycles. The first-order chi connectivity index (χ1) is 9.88. The molecule has 1 amide bonds. The molecule has 1 unspecified atom stereocenters. The Morgan fingerprint density at radius 1 is 1.52 bits per heavy atom. The minimum atomic E-state index is -0.0709. The number of hydrogen-bond donors (Lipinski definition) is 1. The van der Waals surface area contributed by atoms with Crippen LogP contribution in [0.2, 0.25) is 0 Å². The van der Waals surface area contributed by atoms with Gasteiger partial charge in [-0.15, -0.1) is 0 Å². The molecule has 3 rings (SSSR count). The Labute approximate surface area is 123 Å². The summed E-state index contributed by atoms with van der Waals surface area (Å²) >= 11 is 0. The number of aromatic nitrogens is 2. The number of rotatable bonds is 1. The van der Waals surface area contributed by atoms with Crippen molar-refractivity contribution in [2.75, 3.05) is 13.1 Å². The van der Waals surface area contributed by atoms with E-state index in [2.05, 4.69) is 24.0 Å². The Hall–Kier alpha value is -1.95. The molecular weight excluding hydrogens is 268 g/mol. The second-order valence-electron chi connectivity index (χ2n) is 6.46. The Bertz CT molecular complexity index is 692. The fourth-order valence-corrected chi connectivity index (χ4v) is 2.79. The molecule has 2 N–H and O–H groups in total. The van der Waals surface area contributed by atoms with E-state index in [0.717, 1.165) is 17.5 Å². The molecule has 1 aliphatic heterocycles. The molecule has 1 atom stereocenters. The summed E-state index contributed by atoms with van der Waals surface area (Å²) in [5, 5.41) is 4.65. The van der Waals surface area contributed by atoms with Crippen molar-refractivity contribution in [3.05, 3.63) is 23.5 Å². The van der Waals surface area contributed by atoms with Crippen LogP contribution in [0.1, 0.15) is 36.3 Å². The van der Waals surface area contributed by atoms with Gasteiger partial charge in [0.05, 0.1) is 16.6 Å². The second-order valence-corrected chi connectivity index (χ2v) is 6.46. The van der Waals surface area contributed by atoms with Crippen LogP contribution >= 0.6 is 0 Å². The summed E-state index contributed by atoms with van der Waals surface area (Å²) in [7, 11) is 0. The van der Waals surface area contributed by atoms with Gasteiger partial charge >= 0.3 is 0 Å². The summed E-state index contributed by atoms with van der Waals surface area (Å²) in [6.07, 6.45) is 2.37. The van der Waals surface area contributed by atoms with Crippen LogP contribution in [0.5, 0.6) is 0 Å². The molecule has 2 aromatic heterocycles. The van der Waals surface area contributed by atoms with Crippen molar-refractivity contribution in [1.29, 1.82) is 0 Å². The number of likely N-dealkylation sites (tertiary alicyclic amines) is 1. The first-order valence-electron chi connectivity index (χ1n) is 7.15. The molecular formula is C15H20N4O2. The molecule has 0 aliphatic carbocycles. The molecule has 6 heteroatoms. The van der Waals surface area contributed by atoms with Crippen molar-refractivity contribution in [2.24, 2.45) is 11.1 Å². The summed E-state index contributed by atoms with van der Waals surface area (Å²) in [5.74, 6) is -0.00928. The van der Waals surface area contributed by atoms with Gasteiger partial charge in [-0.1, -0.05) is 19.0 Å². The number of piperidine rings is 1.